The van der Waals surface area contributed by atoms with Crippen molar-refractivity contribution in [3.8, 4) is 11.4 Å². The first-order valence-electron chi connectivity index (χ1n) is 9.29. The van der Waals surface area contributed by atoms with E-state index < -0.39 is 24.7 Å². The molecule has 1 aliphatic rings. The predicted molar refractivity (Wildman–Crippen MR) is 105 cm³/mol. The van der Waals surface area contributed by atoms with Crippen LogP contribution >= 0.6 is 0 Å². The van der Waals surface area contributed by atoms with Crippen molar-refractivity contribution < 1.29 is 20.8 Å². The summed E-state index contributed by atoms with van der Waals surface area (Å²) in [4.78, 5) is 30.4. The Bertz CT molecular complexity index is 1030. The first-order chi connectivity index (χ1) is 13.9. The second-order valence-electron chi connectivity index (χ2n) is 6.87. The van der Waals surface area contributed by atoms with Crippen LogP contribution in [0.1, 0.15) is 22.1 Å². The molecule has 0 saturated carbocycles. The van der Waals surface area contributed by atoms with Gasteiger partial charge in [-0.05, 0) is 37.5 Å². The third kappa shape index (κ3) is 4.15. The highest BCUT2D eigenvalue weighted by Gasteiger charge is 2.33. The van der Waals surface area contributed by atoms with Gasteiger partial charge in [0.2, 0.25) is 5.91 Å². The zero-order valence-electron chi connectivity index (χ0n) is 15.4. The number of halogens is 3. The number of hydrogen-bond acceptors (Lipinski definition) is 5. The molecule has 1 atom stereocenters. The highest BCUT2D eigenvalue weighted by Crippen LogP contribution is 2.28. The number of hydrogen-bond donors (Lipinski definition) is 2. The largest absolute Gasteiger partial charge is 0.405 e. The molecule has 29 heavy (non-hydrogen) atoms. The zero-order chi connectivity index (χ0) is 20.4. The van der Waals surface area contributed by atoms with E-state index >= 15 is 0 Å². The molecular weight excluding hydrogens is 385 g/mol. The Balaban J connectivity index is 0.00000171. The molecule has 0 radical (unpaired) electrons. The predicted octanol–water partition coefficient (Wildman–Crippen LogP) is 3.55. The Kier molecular flexibility index (Phi) is 5.08. The Hall–Kier alpha value is -3.17. The summed E-state index contributed by atoms with van der Waals surface area (Å²) < 4.78 is 37.5. The van der Waals surface area contributed by atoms with E-state index in [4.69, 9.17) is 0 Å². The Morgan fingerprint density at radius 1 is 1.24 bits per heavy atom. The molecule has 1 amide bonds. The lowest BCUT2D eigenvalue weighted by Crippen LogP contribution is -2.51. The van der Waals surface area contributed by atoms with Crippen molar-refractivity contribution in [2.24, 2.45) is 0 Å². The van der Waals surface area contributed by atoms with Gasteiger partial charge >= 0.3 is 6.18 Å². The number of pyridine rings is 1. The molecule has 3 aromatic rings. The van der Waals surface area contributed by atoms with Gasteiger partial charge in [0.1, 0.15) is 24.1 Å². The van der Waals surface area contributed by atoms with E-state index in [1.807, 2.05) is 11.4 Å². The van der Waals surface area contributed by atoms with Crippen molar-refractivity contribution in [3.05, 3.63) is 36.8 Å². The molecule has 0 spiro atoms. The Morgan fingerprint density at radius 3 is 2.90 bits per heavy atom. The number of piperidine rings is 1. The number of anilines is 1. The standard InChI is InChI=1S/C19H19F3N6O.2H2/c20-19(21,22)11-26-18(29)14-3-1-2-10-28(14)15-6-9-25-17(27-15)13-5-8-24-16-12(13)4-7-23-16;;/h4-9,14H,1-3,10-11H2,(H,23,24)(H,26,29);2*1H/t14-;;/m1../s1. The van der Waals surface area contributed by atoms with E-state index in [2.05, 4.69) is 19.9 Å². The maximum atomic E-state index is 12.5. The van der Waals surface area contributed by atoms with Crippen molar-refractivity contribution in [1.29, 1.82) is 0 Å². The third-order valence-corrected chi connectivity index (χ3v) is 4.90. The van der Waals surface area contributed by atoms with Gasteiger partial charge in [0.25, 0.3) is 0 Å². The second kappa shape index (κ2) is 7.69. The minimum Gasteiger partial charge on any atom is -0.346 e. The number of nitrogens with zero attached hydrogens (tertiary/aromatic N) is 4. The summed E-state index contributed by atoms with van der Waals surface area (Å²) in [6.07, 6.45) is 2.65. The quantitative estimate of drug-likeness (QED) is 0.690. The molecule has 2 N–H and O–H groups in total. The van der Waals surface area contributed by atoms with E-state index in [0.29, 0.717) is 30.3 Å². The van der Waals surface area contributed by atoms with Gasteiger partial charge in [-0.25, -0.2) is 15.0 Å². The minimum absolute atomic E-state index is 0. The molecule has 0 unspecified atom stereocenters. The van der Waals surface area contributed by atoms with Crippen LogP contribution in [0.3, 0.4) is 0 Å². The van der Waals surface area contributed by atoms with E-state index in [1.54, 1.807) is 35.6 Å². The lowest BCUT2D eigenvalue weighted by atomic mass is 10.0. The molecule has 4 heterocycles. The zero-order valence-corrected chi connectivity index (χ0v) is 15.4. The molecular formula is C19H23F3N6O. The van der Waals surface area contributed by atoms with Crippen molar-refractivity contribution in [1.82, 2.24) is 25.3 Å². The van der Waals surface area contributed by atoms with Crippen LogP contribution in [0.2, 0.25) is 0 Å². The van der Waals surface area contributed by atoms with Crippen LogP contribution in [0.15, 0.2) is 36.8 Å². The molecule has 3 aromatic heterocycles. The number of fused-ring (bicyclic) bond motifs is 1. The maximum absolute atomic E-state index is 12.5. The van der Waals surface area contributed by atoms with Gasteiger partial charge in [0.05, 0.1) is 0 Å². The van der Waals surface area contributed by atoms with Crippen LogP contribution in [0.5, 0.6) is 0 Å². The molecule has 10 heteroatoms. The summed E-state index contributed by atoms with van der Waals surface area (Å²) in [6.45, 7) is -0.801. The highest BCUT2D eigenvalue weighted by molar-refractivity contribution is 5.91. The molecule has 156 valence electrons. The fourth-order valence-electron chi connectivity index (χ4n) is 3.58. The molecule has 0 bridgehead atoms. The number of rotatable bonds is 4. The van der Waals surface area contributed by atoms with Gasteiger partial charge < -0.3 is 15.2 Å². The van der Waals surface area contributed by atoms with E-state index in [-0.39, 0.29) is 2.85 Å². The molecule has 1 fully saturated rings. The molecule has 4 rings (SSSR count). The SMILES string of the molecule is O=C(NCC(F)(F)F)[C@H]1CCCCN1c1ccnc(-c2ccnc3[nH]ccc23)n1.[HH].[HH]. The summed E-state index contributed by atoms with van der Waals surface area (Å²) in [5, 5.41) is 2.86. The van der Waals surface area contributed by atoms with E-state index in [0.717, 1.165) is 23.8 Å². The van der Waals surface area contributed by atoms with Crippen molar-refractivity contribution >= 4 is 22.8 Å². The number of nitrogens with one attached hydrogen (secondary N) is 2. The lowest BCUT2D eigenvalue weighted by Gasteiger charge is -2.35. The molecule has 0 aliphatic carbocycles. The van der Waals surface area contributed by atoms with Gasteiger partial charge in [-0.15, -0.1) is 0 Å². The maximum Gasteiger partial charge on any atom is 0.405 e. The van der Waals surface area contributed by atoms with Crippen LogP contribution in [-0.2, 0) is 4.79 Å². The number of aromatic amines is 1. The highest BCUT2D eigenvalue weighted by atomic mass is 19.4. The topological polar surface area (TPSA) is 86.8 Å². The van der Waals surface area contributed by atoms with Gasteiger partial charge in [0.15, 0.2) is 5.82 Å². The van der Waals surface area contributed by atoms with Gasteiger partial charge in [-0.1, -0.05) is 0 Å². The smallest absolute Gasteiger partial charge is 0.346 e. The van der Waals surface area contributed by atoms with Crippen LogP contribution < -0.4 is 10.2 Å². The third-order valence-electron chi connectivity index (χ3n) is 4.90. The molecule has 7 nitrogen and oxygen atoms in total. The number of H-pyrrole nitrogens is 1. The first kappa shape index (κ1) is 19.2. The molecule has 1 aliphatic heterocycles. The fourth-order valence-corrected chi connectivity index (χ4v) is 3.58. The van der Waals surface area contributed by atoms with Crippen molar-refractivity contribution in [2.75, 3.05) is 18.0 Å². The van der Waals surface area contributed by atoms with E-state index in [9.17, 15) is 18.0 Å². The van der Waals surface area contributed by atoms with Crippen LogP contribution in [-0.4, -0.2) is 51.2 Å². The molecule has 0 aromatic carbocycles. The Labute approximate surface area is 167 Å². The lowest BCUT2D eigenvalue weighted by molar-refractivity contribution is -0.139. The summed E-state index contributed by atoms with van der Waals surface area (Å²) in [5.41, 5.74) is 1.49. The van der Waals surface area contributed by atoms with Crippen molar-refractivity contribution in [2.45, 2.75) is 31.5 Å². The fraction of sp³-hybridized carbons (Fsp3) is 0.368. The Morgan fingerprint density at radius 2 is 2.07 bits per heavy atom. The number of carbonyl (C=O) groups is 1. The summed E-state index contributed by atoms with van der Waals surface area (Å²) in [6, 6.07) is 4.66. The van der Waals surface area contributed by atoms with Gasteiger partial charge in [-0.3, -0.25) is 4.79 Å². The van der Waals surface area contributed by atoms with Gasteiger partial charge in [0, 0.05) is 38.9 Å². The summed E-state index contributed by atoms with van der Waals surface area (Å²) in [5.74, 6) is 0.344. The molecule has 1 saturated heterocycles. The van der Waals surface area contributed by atoms with Crippen LogP contribution in [0, 0.1) is 0 Å². The minimum atomic E-state index is -4.44. The number of carbonyl (C=O) groups excluding carboxylic acids is 1. The first-order valence-corrected chi connectivity index (χ1v) is 9.29. The number of aromatic nitrogens is 4. The van der Waals surface area contributed by atoms with Crippen molar-refractivity contribution in [3.63, 3.8) is 0 Å². The summed E-state index contributed by atoms with van der Waals surface area (Å²) >= 11 is 0. The van der Waals surface area contributed by atoms with Crippen LogP contribution in [0.25, 0.3) is 22.4 Å². The van der Waals surface area contributed by atoms with Gasteiger partial charge in [-0.2, -0.15) is 13.2 Å². The second-order valence-corrected chi connectivity index (χ2v) is 6.87. The number of alkyl halides is 3. The average Bonchev–Trinajstić information content (AvgIpc) is 3.20. The average molecular weight is 408 g/mol. The number of amides is 1. The monoisotopic (exact) mass is 408 g/mol. The van der Waals surface area contributed by atoms with Crippen LogP contribution in [0.4, 0.5) is 19.0 Å². The van der Waals surface area contributed by atoms with E-state index in [1.165, 1.54) is 0 Å². The summed E-state index contributed by atoms with van der Waals surface area (Å²) in [7, 11) is 0. The normalized spacial score (nSPS) is 17.5.